The van der Waals surface area contributed by atoms with Gasteiger partial charge in [-0.15, -0.1) is 11.3 Å². The molecule has 2 aromatic heterocycles. The molecule has 0 atom stereocenters. The number of carbonyl (C=O) groups is 2. The quantitative estimate of drug-likeness (QED) is 0.593. The van der Waals surface area contributed by atoms with Crippen molar-refractivity contribution in [3.8, 4) is 5.75 Å². The number of benzene rings is 1. The maximum absolute atomic E-state index is 12.9. The number of ether oxygens (including phenoxy) is 1. The van der Waals surface area contributed by atoms with Gasteiger partial charge < -0.3 is 19.9 Å². The molecule has 3 heterocycles. The average molecular weight is 460 g/mol. The Morgan fingerprint density at radius 3 is 2.77 bits per heavy atom. The second-order valence-electron chi connectivity index (χ2n) is 7.18. The van der Waals surface area contributed by atoms with E-state index in [0.29, 0.717) is 40.9 Å². The molecule has 0 unspecified atom stereocenters. The molecule has 0 bridgehead atoms. The van der Waals surface area contributed by atoms with Gasteiger partial charge in [0.05, 0.1) is 18.5 Å². The molecule has 3 aromatic rings. The largest absolute Gasteiger partial charge is 0.495 e. The first-order valence-corrected chi connectivity index (χ1v) is 11.0. The standard InChI is InChI=1S/C21H22ClN5O3S/c1-25-7-9-26(10-8-25)20(29)14-3-5-17(30-2)15(13-14)23-18(28)6-4-16-19(22)24-21-27(16)11-12-31-21/h3-6,11-13H,7-10H2,1-2H3,(H,23,28)/b6-4+. The molecule has 1 aliphatic rings. The number of piperazine rings is 1. The van der Waals surface area contributed by atoms with Gasteiger partial charge in [0.1, 0.15) is 5.75 Å². The van der Waals surface area contributed by atoms with Crippen LogP contribution in [0.2, 0.25) is 5.15 Å². The van der Waals surface area contributed by atoms with Crippen molar-refractivity contribution >= 4 is 51.5 Å². The van der Waals surface area contributed by atoms with E-state index in [4.69, 9.17) is 16.3 Å². The van der Waals surface area contributed by atoms with Crippen LogP contribution in [-0.2, 0) is 4.79 Å². The highest BCUT2D eigenvalue weighted by molar-refractivity contribution is 7.15. The first-order chi connectivity index (χ1) is 15.0. The number of amides is 2. The van der Waals surface area contributed by atoms with Gasteiger partial charge in [-0.3, -0.25) is 14.0 Å². The van der Waals surface area contributed by atoms with Gasteiger partial charge in [0.2, 0.25) is 5.91 Å². The van der Waals surface area contributed by atoms with Crippen LogP contribution in [0.5, 0.6) is 5.75 Å². The predicted molar refractivity (Wildman–Crippen MR) is 122 cm³/mol. The van der Waals surface area contributed by atoms with Crippen molar-refractivity contribution in [2.75, 3.05) is 45.7 Å². The van der Waals surface area contributed by atoms with Crippen LogP contribution in [-0.4, -0.2) is 71.3 Å². The summed E-state index contributed by atoms with van der Waals surface area (Å²) in [6, 6.07) is 5.05. The monoisotopic (exact) mass is 459 g/mol. The SMILES string of the molecule is COc1ccc(C(=O)N2CCN(C)CC2)cc1NC(=O)/C=C/c1c(Cl)nc2sccn12. The number of aromatic nitrogens is 2. The summed E-state index contributed by atoms with van der Waals surface area (Å²) in [5, 5.41) is 5.01. The molecule has 8 nitrogen and oxygen atoms in total. The summed E-state index contributed by atoms with van der Waals surface area (Å²) in [5.41, 5.74) is 1.56. The number of halogens is 1. The normalized spacial score (nSPS) is 15.0. The highest BCUT2D eigenvalue weighted by Crippen LogP contribution is 2.27. The predicted octanol–water partition coefficient (Wildman–Crippen LogP) is 3.10. The van der Waals surface area contributed by atoms with Crippen molar-refractivity contribution in [2.24, 2.45) is 0 Å². The van der Waals surface area contributed by atoms with Gasteiger partial charge in [-0.05, 0) is 31.3 Å². The van der Waals surface area contributed by atoms with Gasteiger partial charge in [0.15, 0.2) is 10.1 Å². The van der Waals surface area contributed by atoms with Crippen LogP contribution in [0.1, 0.15) is 16.1 Å². The van der Waals surface area contributed by atoms with Crippen molar-refractivity contribution in [2.45, 2.75) is 0 Å². The van der Waals surface area contributed by atoms with Gasteiger partial charge in [-0.1, -0.05) is 11.6 Å². The molecule has 1 aliphatic heterocycles. The highest BCUT2D eigenvalue weighted by Gasteiger charge is 2.21. The van der Waals surface area contributed by atoms with E-state index in [1.807, 2.05) is 27.9 Å². The number of likely N-dealkylation sites (N-methyl/N-ethyl adjacent to an activating group) is 1. The maximum Gasteiger partial charge on any atom is 0.254 e. The van der Waals surface area contributed by atoms with E-state index in [2.05, 4.69) is 15.2 Å². The minimum atomic E-state index is -0.372. The molecule has 31 heavy (non-hydrogen) atoms. The van der Waals surface area contributed by atoms with Gasteiger partial charge in [-0.2, -0.15) is 0 Å². The van der Waals surface area contributed by atoms with Crippen LogP contribution >= 0.6 is 22.9 Å². The summed E-state index contributed by atoms with van der Waals surface area (Å²) in [5.74, 6) is 0.0377. The third-order valence-electron chi connectivity index (χ3n) is 5.14. The smallest absolute Gasteiger partial charge is 0.254 e. The fourth-order valence-corrected chi connectivity index (χ4v) is 4.39. The third kappa shape index (κ3) is 4.58. The molecule has 1 N–H and O–H groups in total. The van der Waals surface area contributed by atoms with Crippen molar-refractivity contribution in [3.05, 3.63) is 52.3 Å². The minimum Gasteiger partial charge on any atom is -0.495 e. The number of imidazole rings is 1. The number of methoxy groups -OCH3 is 1. The Hall–Kier alpha value is -2.88. The Bertz CT molecular complexity index is 1150. The third-order valence-corrected chi connectivity index (χ3v) is 6.18. The summed E-state index contributed by atoms with van der Waals surface area (Å²) in [6.45, 7) is 3.03. The zero-order chi connectivity index (χ0) is 22.0. The summed E-state index contributed by atoms with van der Waals surface area (Å²) in [7, 11) is 3.55. The van der Waals surface area contributed by atoms with Crippen molar-refractivity contribution in [1.29, 1.82) is 0 Å². The lowest BCUT2D eigenvalue weighted by Crippen LogP contribution is -2.47. The molecule has 4 rings (SSSR count). The summed E-state index contributed by atoms with van der Waals surface area (Å²) in [6.07, 6.45) is 4.82. The van der Waals surface area contributed by atoms with Crippen molar-refractivity contribution < 1.29 is 14.3 Å². The van der Waals surface area contributed by atoms with E-state index in [1.54, 1.807) is 24.3 Å². The molecule has 162 valence electrons. The van der Waals surface area contributed by atoms with E-state index in [9.17, 15) is 9.59 Å². The number of fused-ring (bicyclic) bond motifs is 1. The lowest BCUT2D eigenvalue weighted by atomic mass is 10.1. The Labute approximate surface area is 188 Å². The van der Waals surface area contributed by atoms with Crippen LogP contribution < -0.4 is 10.1 Å². The van der Waals surface area contributed by atoms with Crippen molar-refractivity contribution in [3.63, 3.8) is 0 Å². The van der Waals surface area contributed by atoms with Crippen LogP contribution in [0.3, 0.4) is 0 Å². The molecule has 10 heteroatoms. The summed E-state index contributed by atoms with van der Waals surface area (Å²) in [4.78, 5) is 34.4. The fraction of sp³-hybridized carbons (Fsp3) is 0.286. The zero-order valence-corrected chi connectivity index (χ0v) is 18.7. The second-order valence-corrected chi connectivity index (χ2v) is 8.41. The van der Waals surface area contributed by atoms with Crippen LogP contribution in [0.25, 0.3) is 11.0 Å². The first kappa shape index (κ1) is 21.4. The van der Waals surface area contributed by atoms with Gasteiger partial charge in [-0.25, -0.2) is 4.98 Å². The zero-order valence-electron chi connectivity index (χ0n) is 17.2. The molecule has 1 aromatic carbocycles. The van der Waals surface area contributed by atoms with Gasteiger partial charge >= 0.3 is 0 Å². The summed E-state index contributed by atoms with van der Waals surface area (Å²) >= 11 is 7.62. The number of hydrogen-bond donors (Lipinski definition) is 1. The molecule has 0 aliphatic carbocycles. The van der Waals surface area contributed by atoms with E-state index >= 15 is 0 Å². The first-order valence-electron chi connectivity index (χ1n) is 9.72. The molecule has 0 radical (unpaired) electrons. The van der Waals surface area contributed by atoms with Crippen LogP contribution in [0, 0.1) is 0 Å². The lowest BCUT2D eigenvalue weighted by molar-refractivity contribution is -0.111. The molecule has 0 saturated carbocycles. The van der Waals surface area contributed by atoms with Gasteiger partial charge in [0, 0.05) is 49.4 Å². The van der Waals surface area contributed by atoms with Crippen LogP contribution in [0.4, 0.5) is 5.69 Å². The minimum absolute atomic E-state index is 0.0623. The van der Waals surface area contributed by atoms with Crippen LogP contribution in [0.15, 0.2) is 35.9 Å². The maximum atomic E-state index is 12.9. The molecule has 1 fully saturated rings. The number of hydrogen-bond acceptors (Lipinski definition) is 6. The number of thiazole rings is 1. The molecular weight excluding hydrogens is 438 g/mol. The van der Waals surface area contributed by atoms with E-state index in [1.165, 1.54) is 24.5 Å². The highest BCUT2D eigenvalue weighted by atomic mass is 35.5. The molecular formula is C21H22ClN5O3S. The number of nitrogens with one attached hydrogen (secondary N) is 1. The average Bonchev–Trinajstić information content (AvgIpc) is 3.33. The van der Waals surface area contributed by atoms with E-state index < -0.39 is 0 Å². The number of anilines is 1. The number of carbonyl (C=O) groups excluding carboxylic acids is 2. The number of nitrogens with zero attached hydrogens (tertiary/aromatic N) is 4. The van der Waals surface area contributed by atoms with E-state index in [-0.39, 0.29) is 11.8 Å². The Morgan fingerprint density at radius 1 is 1.26 bits per heavy atom. The Balaban J connectivity index is 1.51. The van der Waals surface area contributed by atoms with Crippen molar-refractivity contribution in [1.82, 2.24) is 19.2 Å². The molecule has 1 saturated heterocycles. The topological polar surface area (TPSA) is 79.2 Å². The molecule has 0 spiro atoms. The Morgan fingerprint density at radius 2 is 2.03 bits per heavy atom. The number of rotatable bonds is 5. The lowest BCUT2D eigenvalue weighted by Gasteiger charge is -2.32. The van der Waals surface area contributed by atoms with Gasteiger partial charge in [0.25, 0.3) is 5.91 Å². The summed E-state index contributed by atoms with van der Waals surface area (Å²) < 4.78 is 7.17. The fourth-order valence-electron chi connectivity index (χ4n) is 3.39. The molecule has 2 amide bonds. The van der Waals surface area contributed by atoms with E-state index in [0.717, 1.165) is 18.1 Å². The Kier molecular flexibility index (Phi) is 6.26. The second kappa shape index (κ2) is 9.09.